The molecule has 0 bridgehead atoms. The van der Waals surface area contributed by atoms with E-state index in [2.05, 4.69) is 55.2 Å². The van der Waals surface area contributed by atoms with Gasteiger partial charge in [0.1, 0.15) is 0 Å². The monoisotopic (exact) mass is 286 g/mol. The molecule has 0 aliphatic carbocycles. The van der Waals surface area contributed by atoms with Crippen LogP contribution in [0.3, 0.4) is 0 Å². The van der Waals surface area contributed by atoms with Crippen molar-refractivity contribution in [2.24, 2.45) is 0 Å². The van der Waals surface area contributed by atoms with E-state index < -0.39 is 0 Å². The molecule has 1 fully saturated rings. The molecule has 0 spiro atoms. The summed E-state index contributed by atoms with van der Waals surface area (Å²) in [6, 6.07) is 10.7. The average molecular weight is 286 g/mol. The van der Waals surface area contributed by atoms with Gasteiger partial charge in [-0.25, -0.2) is 0 Å². The van der Waals surface area contributed by atoms with E-state index in [0.29, 0.717) is 18.4 Å². The van der Waals surface area contributed by atoms with E-state index in [0.717, 1.165) is 32.6 Å². The van der Waals surface area contributed by atoms with Crippen LogP contribution >= 0.6 is 0 Å². The van der Waals surface area contributed by atoms with Crippen molar-refractivity contribution in [1.29, 1.82) is 0 Å². The fourth-order valence-corrected chi connectivity index (χ4v) is 2.83. The van der Waals surface area contributed by atoms with Gasteiger partial charge in [-0.05, 0) is 18.9 Å². The van der Waals surface area contributed by atoms with Crippen LogP contribution in [0.5, 0.6) is 0 Å². The third-order valence-electron chi connectivity index (χ3n) is 3.97. The first-order chi connectivity index (χ1) is 10.2. The molecular weight excluding hydrogens is 260 g/mol. The minimum Gasteiger partial charge on any atom is -0.337 e. The zero-order chi connectivity index (χ0) is 15.1. The number of piperazine rings is 1. The van der Waals surface area contributed by atoms with E-state index in [1.165, 1.54) is 5.56 Å². The van der Waals surface area contributed by atoms with Crippen molar-refractivity contribution in [3.63, 3.8) is 0 Å². The van der Waals surface area contributed by atoms with E-state index in [9.17, 15) is 4.79 Å². The normalized spacial score (nSPS) is 20.1. The van der Waals surface area contributed by atoms with Crippen LogP contribution < -0.4 is 0 Å². The molecule has 1 aromatic rings. The van der Waals surface area contributed by atoms with E-state index in [1.807, 2.05) is 11.0 Å². The highest BCUT2D eigenvalue weighted by atomic mass is 16.2. The zero-order valence-electron chi connectivity index (χ0n) is 13.2. The zero-order valence-corrected chi connectivity index (χ0v) is 13.2. The largest absolute Gasteiger partial charge is 0.337 e. The molecule has 1 unspecified atom stereocenters. The molecule has 114 valence electrons. The molecule has 0 aromatic heterocycles. The molecule has 2 rings (SSSR count). The first kappa shape index (κ1) is 15.8. The van der Waals surface area contributed by atoms with Crippen LogP contribution in [-0.4, -0.2) is 47.9 Å². The predicted octanol–water partition coefficient (Wildman–Crippen LogP) is 3.03. The number of hydrogen-bond donors (Lipinski definition) is 0. The topological polar surface area (TPSA) is 23.6 Å². The van der Waals surface area contributed by atoms with Gasteiger partial charge < -0.3 is 4.90 Å². The van der Waals surface area contributed by atoms with E-state index in [4.69, 9.17) is 0 Å². The number of amides is 1. The summed E-state index contributed by atoms with van der Waals surface area (Å²) in [5.74, 6) is 0.310. The van der Waals surface area contributed by atoms with Gasteiger partial charge in [0.2, 0.25) is 5.91 Å². The average Bonchev–Trinajstić information content (AvgIpc) is 2.48. The molecule has 3 nitrogen and oxygen atoms in total. The lowest BCUT2D eigenvalue weighted by atomic mass is 10.1. The van der Waals surface area contributed by atoms with Crippen LogP contribution in [-0.2, 0) is 4.79 Å². The fraction of sp³-hybridized carbons (Fsp3) is 0.500. The predicted molar refractivity (Wildman–Crippen MR) is 88.0 cm³/mol. The van der Waals surface area contributed by atoms with Gasteiger partial charge in [0, 0.05) is 38.6 Å². The molecule has 1 aliphatic rings. The van der Waals surface area contributed by atoms with Gasteiger partial charge in [0.25, 0.3) is 0 Å². The van der Waals surface area contributed by atoms with E-state index in [-0.39, 0.29) is 0 Å². The van der Waals surface area contributed by atoms with Crippen LogP contribution in [0.2, 0.25) is 0 Å². The van der Waals surface area contributed by atoms with Crippen LogP contribution in [0.25, 0.3) is 6.08 Å². The lowest BCUT2D eigenvalue weighted by Gasteiger charge is -2.39. The Bertz CT molecular complexity index is 469. The molecule has 1 amide bonds. The van der Waals surface area contributed by atoms with Crippen molar-refractivity contribution in [3.05, 3.63) is 42.0 Å². The molecule has 1 saturated heterocycles. The maximum absolute atomic E-state index is 12.0. The number of benzene rings is 1. The highest BCUT2D eigenvalue weighted by molar-refractivity contribution is 5.76. The van der Waals surface area contributed by atoms with E-state index in [1.54, 1.807) is 0 Å². The van der Waals surface area contributed by atoms with Crippen molar-refractivity contribution in [2.75, 3.05) is 26.2 Å². The minimum atomic E-state index is 0.310. The van der Waals surface area contributed by atoms with Crippen molar-refractivity contribution in [1.82, 2.24) is 9.80 Å². The van der Waals surface area contributed by atoms with Gasteiger partial charge in [-0.2, -0.15) is 0 Å². The van der Waals surface area contributed by atoms with Crippen LogP contribution in [0.4, 0.5) is 0 Å². The van der Waals surface area contributed by atoms with Gasteiger partial charge in [-0.15, -0.1) is 0 Å². The summed E-state index contributed by atoms with van der Waals surface area (Å²) < 4.78 is 0. The minimum absolute atomic E-state index is 0.310. The number of rotatable bonds is 5. The second-order valence-electron chi connectivity index (χ2n) is 5.76. The summed E-state index contributed by atoms with van der Waals surface area (Å²) in [6.45, 7) is 7.97. The molecule has 0 saturated carbocycles. The Morgan fingerprint density at radius 3 is 2.71 bits per heavy atom. The highest BCUT2D eigenvalue weighted by Gasteiger charge is 2.25. The summed E-state index contributed by atoms with van der Waals surface area (Å²) >= 11 is 0. The molecule has 3 heteroatoms. The van der Waals surface area contributed by atoms with Gasteiger partial charge in [0.15, 0.2) is 0 Å². The lowest BCUT2D eigenvalue weighted by Crippen LogP contribution is -2.53. The fourth-order valence-electron chi connectivity index (χ4n) is 2.83. The van der Waals surface area contributed by atoms with Gasteiger partial charge in [-0.1, -0.05) is 49.4 Å². The summed E-state index contributed by atoms with van der Waals surface area (Å²) in [5, 5.41) is 0. The summed E-state index contributed by atoms with van der Waals surface area (Å²) in [4.78, 5) is 16.5. The lowest BCUT2D eigenvalue weighted by molar-refractivity contribution is -0.135. The van der Waals surface area contributed by atoms with E-state index >= 15 is 0 Å². The molecule has 0 N–H and O–H groups in total. The maximum atomic E-state index is 12.0. The Morgan fingerprint density at radius 2 is 2.05 bits per heavy atom. The Kier molecular flexibility index (Phi) is 6.00. The molecule has 1 heterocycles. The summed E-state index contributed by atoms with van der Waals surface area (Å²) in [7, 11) is 0. The maximum Gasteiger partial charge on any atom is 0.222 e. The second-order valence-corrected chi connectivity index (χ2v) is 5.76. The molecule has 1 atom stereocenters. The first-order valence-corrected chi connectivity index (χ1v) is 7.94. The van der Waals surface area contributed by atoms with Crippen LogP contribution in [0, 0.1) is 0 Å². The number of carbonyl (C=O) groups excluding carboxylic acids is 1. The third kappa shape index (κ3) is 4.71. The van der Waals surface area contributed by atoms with Crippen molar-refractivity contribution >= 4 is 12.0 Å². The molecule has 21 heavy (non-hydrogen) atoms. The highest BCUT2D eigenvalue weighted by Crippen LogP contribution is 2.12. The number of nitrogens with zero attached hydrogens (tertiary/aromatic N) is 2. The van der Waals surface area contributed by atoms with Crippen LogP contribution in [0.1, 0.15) is 32.3 Å². The quantitative estimate of drug-likeness (QED) is 0.830. The SMILES string of the molecule is CCCC(=O)N1CCN(C/C=C/c2ccccc2)CC1C. The summed E-state index contributed by atoms with van der Waals surface area (Å²) in [6.07, 6.45) is 5.99. The van der Waals surface area contributed by atoms with Gasteiger partial charge >= 0.3 is 0 Å². The Balaban J connectivity index is 1.80. The molecule has 0 radical (unpaired) electrons. The first-order valence-electron chi connectivity index (χ1n) is 7.94. The Labute approximate surface area is 128 Å². The Morgan fingerprint density at radius 1 is 1.29 bits per heavy atom. The number of hydrogen-bond acceptors (Lipinski definition) is 2. The van der Waals surface area contributed by atoms with Gasteiger partial charge in [-0.3, -0.25) is 9.69 Å². The molecular formula is C18H26N2O. The summed E-state index contributed by atoms with van der Waals surface area (Å²) in [5.41, 5.74) is 1.24. The number of carbonyl (C=O) groups is 1. The van der Waals surface area contributed by atoms with Crippen molar-refractivity contribution in [3.8, 4) is 0 Å². The Hall–Kier alpha value is -1.61. The van der Waals surface area contributed by atoms with Crippen LogP contribution in [0.15, 0.2) is 36.4 Å². The molecule has 1 aliphatic heterocycles. The van der Waals surface area contributed by atoms with Gasteiger partial charge in [0.05, 0.1) is 0 Å². The third-order valence-corrected chi connectivity index (χ3v) is 3.97. The van der Waals surface area contributed by atoms with Crippen molar-refractivity contribution < 1.29 is 4.79 Å². The second kappa shape index (κ2) is 7.99. The smallest absolute Gasteiger partial charge is 0.222 e. The van der Waals surface area contributed by atoms with Crippen molar-refractivity contribution in [2.45, 2.75) is 32.7 Å². The molecule has 1 aromatic carbocycles. The standard InChI is InChI=1S/C18H26N2O/c1-3-8-18(21)20-14-13-19(15-16(20)2)12-7-11-17-9-5-4-6-10-17/h4-7,9-11,16H,3,8,12-15H2,1-2H3/b11-7+.